The molecular formula is C18H18F2O. The van der Waals surface area contributed by atoms with Crippen LogP contribution in [0.2, 0.25) is 0 Å². The zero-order chi connectivity index (χ0) is 14.8. The molecule has 1 saturated heterocycles. The topological polar surface area (TPSA) is 9.23 Å². The highest BCUT2D eigenvalue weighted by Crippen LogP contribution is 2.31. The minimum absolute atomic E-state index is 0.153. The summed E-state index contributed by atoms with van der Waals surface area (Å²) in [4.78, 5) is 0. The molecular weight excluding hydrogens is 270 g/mol. The molecule has 0 radical (unpaired) electrons. The van der Waals surface area contributed by atoms with Crippen molar-refractivity contribution in [3.8, 4) is 11.1 Å². The molecule has 1 nitrogen and oxygen atoms in total. The minimum atomic E-state index is -0.819. The average Bonchev–Trinajstić information content (AvgIpc) is 2.51. The van der Waals surface area contributed by atoms with E-state index in [2.05, 4.69) is 6.92 Å². The van der Waals surface area contributed by atoms with Gasteiger partial charge in [-0.05, 0) is 47.6 Å². The van der Waals surface area contributed by atoms with Gasteiger partial charge in [-0.1, -0.05) is 37.3 Å². The van der Waals surface area contributed by atoms with Gasteiger partial charge in [0.2, 0.25) is 0 Å². The third-order valence-electron chi connectivity index (χ3n) is 4.04. The van der Waals surface area contributed by atoms with Crippen LogP contribution in [0.25, 0.3) is 11.1 Å². The van der Waals surface area contributed by atoms with Crippen LogP contribution in [0.15, 0.2) is 42.5 Å². The summed E-state index contributed by atoms with van der Waals surface area (Å²) in [5, 5.41) is 0. The van der Waals surface area contributed by atoms with Crippen LogP contribution in [0, 0.1) is 17.6 Å². The molecule has 1 aliphatic heterocycles. The Balaban J connectivity index is 1.79. The Morgan fingerprint density at radius 2 is 1.62 bits per heavy atom. The number of ether oxygens (including phenoxy) is 1. The number of benzene rings is 2. The summed E-state index contributed by atoms with van der Waals surface area (Å²) in [7, 11) is 0. The summed E-state index contributed by atoms with van der Waals surface area (Å²) in [6, 6.07) is 11.9. The Morgan fingerprint density at radius 1 is 0.905 bits per heavy atom. The first-order valence-electron chi connectivity index (χ1n) is 7.30. The summed E-state index contributed by atoms with van der Waals surface area (Å²) < 4.78 is 32.1. The number of halogens is 2. The molecule has 2 aromatic carbocycles. The minimum Gasteiger partial charge on any atom is -0.373 e. The first-order chi connectivity index (χ1) is 10.1. The molecule has 0 N–H and O–H groups in total. The molecule has 3 heteroatoms. The molecule has 0 bridgehead atoms. The third kappa shape index (κ3) is 3.13. The van der Waals surface area contributed by atoms with Gasteiger partial charge in [-0.2, -0.15) is 0 Å². The maximum Gasteiger partial charge on any atom is 0.159 e. The Morgan fingerprint density at radius 3 is 2.24 bits per heavy atom. The van der Waals surface area contributed by atoms with Crippen LogP contribution < -0.4 is 0 Å². The second kappa shape index (κ2) is 5.94. The molecule has 0 saturated carbocycles. The molecule has 110 valence electrons. The van der Waals surface area contributed by atoms with Crippen LogP contribution in [0.4, 0.5) is 8.78 Å². The van der Waals surface area contributed by atoms with Crippen molar-refractivity contribution in [1.29, 1.82) is 0 Å². The molecule has 21 heavy (non-hydrogen) atoms. The first-order valence-corrected chi connectivity index (χ1v) is 7.30. The van der Waals surface area contributed by atoms with E-state index in [4.69, 9.17) is 4.74 Å². The number of rotatable bonds is 2. The highest BCUT2D eigenvalue weighted by Gasteiger charge is 2.20. The zero-order valence-electron chi connectivity index (χ0n) is 12.0. The van der Waals surface area contributed by atoms with Crippen molar-refractivity contribution in [2.24, 2.45) is 5.92 Å². The van der Waals surface area contributed by atoms with Gasteiger partial charge in [0, 0.05) is 6.61 Å². The average molecular weight is 288 g/mol. The van der Waals surface area contributed by atoms with Crippen molar-refractivity contribution in [3.05, 3.63) is 59.7 Å². The van der Waals surface area contributed by atoms with Crippen molar-refractivity contribution in [2.75, 3.05) is 6.61 Å². The molecule has 1 fully saturated rings. The SMILES string of the molecule is CC1CCC(c2ccc(-c3ccc(F)c(F)c3)cc2)OC1. The van der Waals surface area contributed by atoms with Gasteiger partial charge in [0.05, 0.1) is 6.10 Å². The maximum atomic E-state index is 13.3. The fraction of sp³-hybridized carbons (Fsp3) is 0.333. The van der Waals surface area contributed by atoms with Gasteiger partial charge in [0.25, 0.3) is 0 Å². The third-order valence-corrected chi connectivity index (χ3v) is 4.04. The van der Waals surface area contributed by atoms with E-state index in [0.717, 1.165) is 30.2 Å². The fourth-order valence-corrected chi connectivity index (χ4v) is 2.71. The first kappa shape index (κ1) is 14.2. The molecule has 0 aliphatic carbocycles. The van der Waals surface area contributed by atoms with Gasteiger partial charge in [0.15, 0.2) is 11.6 Å². The van der Waals surface area contributed by atoms with Gasteiger partial charge < -0.3 is 4.74 Å². The van der Waals surface area contributed by atoms with Crippen molar-refractivity contribution < 1.29 is 13.5 Å². The van der Waals surface area contributed by atoms with Crippen molar-refractivity contribution in [2.45, 2.75) is 25.9 Å². The number of hydrogen-bond donors (Lipinski definition) is 0. The largest absolute Gasteiger partial charge is 0.373 e. The molecule has 0 aromatic heterocycles. The van der Waals surface area contributed by atoms with E-state index in [-0.39, 0.29) is 6.10 Å². The summed E-state index contributed by atoms with van der Waals surface area (Å²) in [6.07, 6.45) is 2.36. The van der Waals surface area contributed by atoms with Crippen molar-refractivity contribution in [3.63, 3.8) is 0 Å². The molecule has 2 atom stereocenters. The van der Waals surface area contributed by atoms with Crippen LogP contribution in [0.5, 0.6) is 0 Å². The van der Waals surface area contributed by atoms with Gasteiger partial charge in [-0.3, -0.25) is 0 Å². The Kier molecular flexibility index (Phi) is 4.02. The number of hydrogen-bond acceptors (Lipinski definition) is 1. The van der Waals surface area contributed by atoms with E-state index < -0.39 is 11.6 Å². The second-order valence-electron chi connectivity index (χ2n) is 5.76. The summed E-state index contributed by atoms with van der Waals surface area (Å²) >= 11 is 0. The Labute approximate surface area is 123 Å². The normalized spacial score (nSPS) is 22.2. The van der Waals surface area contributed by atoms with Crippen molar-refractivity contribution in [1.82, 2.24) is 0 Å². The van der Waals surface area contributed by atoms with Gasteiger partial charge >= 0.3 is 0 Å². The van der Waals surface area contributed by atoms with E-state index in [9.17, 15) is 8.78 Å². The molecule has 0 amide bonds. The molecule has 2 aromatic rings. The quantitative estimate of drug-likeness (QED) is 0.745. The predicted molar refractivity (Wildman–Crippen MR) is 78.9 cm³/mol. The lowest BCUT2D eigenvalue weighted by Crippen LogP contribution is -2.18. The predicted octanol–water partition coefficient (Wildman–Crippen LogP) is 5.12. The zero-order valence-corrected chi connectivity index (χ0v) is 12.0. The van der Waals surface area contributed by atoms with E-state index in [0.29, 0.717) is 11.5 Å². The van der Waals surface area contributed by atoms with E-state index in [1.54, 1.807) is 6.07 Å². The van der Waals surface area contributed by atoms with Crippen LogP contribution in [-0.2, 0) is 4.74 Å². The highest BCUT2D eigenvalue weighted by molar-refractivity contribution is 5.63. The van der Waals surface area contributed by atoms with Gasteiger partial charge in [-0.15, -0.1) is 0 Å². The fourth-order valence-electron chi connectivity index (χ4n) is 2.71. The molecule has 3 rings (SSSR count). The second-order valence-corrected chi connectivity index (χ2v) is 5.76. The van der Waals surface area contributed by atoms with E-state index >= 15 is 0 Å². The van der Waals surface area contributed by atoms with Crippen LogP contribution >= 0.6 is 0 Å². The highest BCUT2D eigenvalue weighted by atomic mass is 19.2. The Bertz CT molecular complexity index is 614. The molecule has 1 heterocycles. The van der Waals surface area contributed by atoms with Crippen LogP contribution in [-0.4, -0.2) is 6.61 Å². The summed E-state index contributed by atoms with van der Waals surface area (Å²) in [6.45, 7) is 3.00. The van der Waals surface area contributed by atoms with Crippen molar-refractivity contribution >= 4 is 0 Å². The van der Waals surface area contributed by atoms with Gasteiger partial charge in [-0.25, -0.2) is 8.78 Å². The summed E-state index contributed by atoms with van der Waals surface area (Å²) in [5.74, 6) is -1.01. The lowest BCUT2D eigenvalue weighted by Gasteiger charge is -2.27. The van der Waals surface area contributed by atoms with E-state index in [1.807, 2.05) is 24.3 Å². The lowest BCUT2D eigenvalue weighted by molar-refractivity contribution is -0.0123. The van der Waals surface area contributed by atoms with Crippen LogP contribution in [0.1, 0.15) is 31.4 Å². The monoisotopic (exact) mass is 288 g/mol. The smallest absolute Gasteiger partial charge is 0.159 e. The van der Waals surface area contributed by atoms with Gasteiger partial charge in [0.1, 0.15) is 0 Å². The molecule has 2 unspecified atom stereocenters. The Hall–Kier alpha value is -1.74. The van der Waals surface area contributed by atoms with Crippen LogP contribution in [0.3, 0.4) is 0 Å². The van der Waals surface area contributed by atoms with E-state index in [1.165, 1.54) is 12.5 Å². The standard InChI is InChI=1S/C18H18F2O/c1-12-2-9-18(21-11-12)14-5-3-13(4-6-14)15-7-8-16(19)17(20)10-15/h3-8,10,12,18H,2,9,11H2,1H3. The maximum absolute atomic E-state index is 13.3. The molecule has 0 spiro atoms. The lowest BCUT2D eigenvalue weighted by atomic mass is 9.94. The molecule has 1 aliphatic rings. The summed E-state index contributed by atoms with van der Waals surface area (Å²) in [5.41, 5.74) is 2.70.